The van der Waals surface area contributed by atoms with Gasteiger partial charge in [-0.05, 0) is 55.0 Å². The maximum absolute atomic E-state index is 12.8. The van der Waals surface area contributed by atoms with E-state index >= 15 is 0 Å². The first-order valence-corrected chi connectivity index (χ1v) is 10.2. The first kappa shape index (κ1) is 20.8. The van der Waals surface area contributed by atoms with Crippen LogP contribution in [0.1, 0.15) is 11.4 Å². The quantitative estimate of drug-likeness (QED) is 0.432. The molecule has 0 spiro atoms. The van der Waals surface area contributed by atoms with Gasteiger partial charge in [-0.2, -0.15) is 0 Å². The number of aromatic nitrogens is 2. The van der Waals surface area contributed by atoms with Crippen LogP contribution in [0.5, 0.6) is 11.5 Å². The molecule has 1 N–H and O–H groups in total. The van der Waals surface area contributed by atoms with Crippen LogP contribution in [0.3, 0.4) is 0 Å². The molecule has 1 heterocycles. The summed E-state index contributed by atoms with van der Waals surface area (Å²) in [6.45, 7) is 2.26. The minimum Gasteiger partial charge on any atom is -0.497 e. The molecule has 0 bridgehead atoms. The zero-order valence-corrected chi connectivity index (χ0v) is 18.0. The van der Waals surface area contributed by atoms with E-state index in [1.165, 1.54) is 0 Å². The minimum absolute atomic E-state index is 0.107. The zero-order chi connectivity index (χ0) is 21.8. The molecule has 0 fully saturated rings. The lowest BCUT2D eigenvalue weighted by Crippen LogP contribution is -2.20. The number of aryl methyl sites for hydroxylation is 1. The van der Waals surface area contributed by atoms with Crippen molar-refractivity contribution in [1.82, 2.24) is 9.55 Å². The van der Waals surface area contributed by atoms with E-state index in [-0.39, 0.29) is 19.1 Å². The number of fused-ring (bicyclic) bond motifs is 1. The lowest BCUT2D eigenvalue weighted by Gasteiger charge is -2.12. The van der Waals surface area contributed by atoms with Gasteiger partial charge in [-0.1, -0.05) is 29.8 Å². The van der Waals surface area contributed by atoms with Crippen molar-refractivity contribution in [2.24, 2.45) is 0 Å². The predicted molar refractivity (Wildman–Crippen MR) is 122 cm³/mol. The van der Waals surface area contributed by atoms with E-state index in [9.17, 15) is 4.79 Å². The third-order valence-corrected chi connectivity index (χ3v) is 5.31. The number of amides is 1. The number of ether oxygens (including phenoxy) is 2. The Bertz CT molecular complexity index is 1240. The van der Waals surface area contributed by atoms with Crippen LogP contribution in [0, 0.1) is 6.92 Å². The third kappa shape index (κ3) is 4.81. The van der Waals surface area contributed by atoms with Gasteiger partial charge in [0.15, 0.2) is 0 Å². The first-order valence-electron chi connectivity index (χ1n) is 9.80. The highest BCUT2D eigenvalue weighted by Gasteiger charge is 2.15. The van der Waals surface area contributed by atoms with Gasteiger partial charge in [-0.15, -0.1) is 0 Å². The second kappa shape index (κ2) is 9.10. The smallest absolute Gasteiger partial charge is 0.244 e. The monoisotopic (exact) mass is 435 g/mol. The molecular weight excluding hydrogens is 414 g/mol. The van der Waals surface area contributed by atoms with Crippen LogP contribution >= 0.6 is 11.6 Å². The Morgan fingerprint density at radius 2 is 1.90 bits per heavy atom. The number of methoxy groups -OCH3 is 1. The van der Waals surface area contributed by atoms with E-state index in [0.29, 0.717) is 28.0 Å². The molecule has 0 unspecified atom stereocenters. The van der Waals surface area contributed by atoms with Gasteiger partial charge >= 0.3 is 0 Å². The van der Waals surface area contributed by atoms with E-state index in [1.807, 2.05) is 66.1 Å². The van der Waals surface area contributed by atoms with E-state index < -0.39 is 0 Å². The van der Waals surface area contributed by atoms with Gasteiger partial charge in [0.1, 0.15) is 30.5 Å². The number of anilines is 1. The van der Waals surface area contributed by atoms with Crippen LogP contribution < -0.4 is 14.8 Å². The number of hydrogen-bond donors (Lipinski definition) is 1. The summed E-state index contributed by atoms with van der Waals surface area (Å²) in [5.41, 5.74) is 3.28. The third-order valence-electron chi connectivity index (χ3n) is 4.89. The Morgan fingerprint density at radius 3 is 2.71 bits per heavy atom. The molecular formula is C24H22ClN3O3. The Kier molecular flexibility index (Phi) is 6.09. The molecule has 4 rings (SSSR count). The average Bonchev–Trinajstić information content (AvgIpc) is 3.12. The van der Waals surface area contributed by atoms with Gasteiger partial charge in [0.2, 0.25) is 5.91 Å². The Hall–Kier alpha value is -3.51. The number of hydrogen-bond acceptors (Lipinski definition) is 4. The normalized spacial score (nSPS) is 10.8. The molecule has 0 aliphatic carbocycles. The van der Waals surface area contributed by atoms with Crippen molar-refractivity contribution in [3.05, 3.63) is 83.1 Å². The highest BCUT2D eigenvalue weighted by Crippen LogP contribution is 2.23. The van der Waals surface area contributed by atoms with Crippen molar-refractivity contribution in [2.75, 3.05) is 12.4 Å². The zero-order valence-electron chi connectivity index (χ0n) is 17.3. The summed E-state index contributed by atoms with van der Waals surface area (Å²) in [5.74, 6) is 1.87. The molecule has 158 valence electrons. The number of halogens is 1. The molecule has 0 saturated carbocycles. The van der Waals surface area contributed by atoms with Gasteiger partial charge in [-0.3, -0.25) is 4.79 Å². The molecule has 0 saturated heterocycles. The number of carbonyl (C=O) groups excluding carboxylic acids is 1. The standard InChI is InChI=1S/C24H22ClN3O3/c1-16-12-19(10-11-20(16)25)31-15-23-27-21-8-3-4-9-22(21)28(23)14-24(29)26-17-6-5-7-18(13-17)30-2/h3-13H,14-15H2,1-2H3,(H,26,29). The lowest BCUT2D eigenvalue weighted by atomic mass is 10.2. The van der Waals surface area contributed by atoms with Crippen LogP contribution in [0.4, 0.5) is 5.69 Å². The molecule has 0 atom stereocenters. The number of rotatable bonds is 7. The molecule has 1 aromatic heterocycles. The minimum atomic E-state index is -0.167. The molecule has 0 radical (unpaired) electrons. The molecule has 0 aliphatic rings. The van der Waals surface area contributed by atoms with Gasteiger partial charge in [0.25, 0.3) is 0 Å². The molecule has 3 aromatic carbocycles. The van der Waals surface area contributed by atoms with Crippen LogP contribution in [0.15, 0.2) is 66.7 Å². The molecule has 6 nitrogen and oxygen atoms in total. The maximum atomic E-state index is 12.8. The summed E-state index contributed by atoms with van der Waals surface area (Å²) in [7, 11) is 1.59. The second-order valence-corrected chi connectivity index (χ2v) is 7.49. The SMILES string of the molecule is COc1cccc(NC(=O)Cn2c(COc3ccc(Cl)c(C)c3)nc3ccccc32)c1. The number of para-hydroxylation sites is 2. The van der Waals surface area contributed by atoms with Gasteiger partial charge in [-0.25, -0.2) is 4.98 Å². The highest BCUT2D eigenvalue weighted by molar-refractivity contribution is 6.31. The van der Waals surface area contributed by atoms with Gasteiger partial charge in [0.05, 0.1) is 18.1 Å². The van der Waals surface area contributed by atoms with Crippen molar-refractivity contribution in [2.45, 2.75) is 20.1 Å². The van der Waals surface area contributed by atoms with E-state index in [2.05, 4.69) is 10.3 Å². The summed E-state index contributed by atoms with van der Waals surface area (Å²) in [6.07, 6.45) is 0. The van der Waals surface area contributed by atoms with Crippen LogP contribution in [-0.4, -0.2) is 22.6 Å². The fourth-order valence-corrected chi connectivity index (χ4v) is 3.43. The van der Waals surface area contributed by atoms with Crippen molar-refractivity contribution in [3.63, 3.8) is 0 Å². The number of nitrogens with one attached hydrogen (secondary N) is 1. The number of benzene rings is 3. The van der Waals surface area contributed by atoms with Crippen molar-refractivity contribution in [3.8, 4) is 11.5 Å². The topological polar surface area (TPSA) is 65.4 Å². The summed E-state index contributed by atoms with van der Waals surface area (Å²) >= 11 is 6.09. The Labute approximate surface area is 185 Å². The summed E-state index contributed by atoms with van der Waals surface area (Å²) in [5, 5.41) is 3.60. The maximum Gasteiger partial charge on any atom is 0.244 e. The number of imidazole rings is 1. The van der Waals surface area contributed by atoms with E-state index in [0.717, 1.165) is 16.6 Å². The average molecular weight is 436 g/mol. The van der Waals surface area contributed by atoms with Gasteiger partial charge < -0.3 is 19.4 Å². The summed E-state index contributed by atoms with van der Waals surface area (Å²) in [6, 6.07) is 20.5. The van der Waals surface area contributed by atoms with Gasteiger partial charge in [0, 0.05) is 16.8 Å². The molecule has 0 aliphatic heterocycles. The molecule has 1 amide bonds. The Morgan fingerprint density at radius 1 is 1.06 bits per heavy atom. The van der Waals surface area contributed by atoms with Crippen molar-refractivity contribution < 1.29 is 14.3 Å². The molecule has 31 heavy (non-hydrogen) atoms. The fourth-order valence-electron chi connectivity index (χ4n) is 3.31. The molecule has 4 aromatic rings. The fraction of sp³-hybridized carbons (Fsp3) is 0.167. The van der Waals surface area contributed by atoms with Crippen molar-refractivity contribution >= 4 is 34.2 Å². The number of nitrogens with zero attached hydrogens (tertiary/aromatic N) is 2. The second-order valence-electron chi connectivity index (χ2n) is 7.08. The predicted octanol–water partition coefficient (Wildman–Crippen LogP) is 5.22. The van der Waals surface area contributed by atoms with E-state index in [4.69, 9.17) is 21.1 Å². The Balaban J connectivity index is 1.55. The lowest BCUT2D eigenvalue weighted by molar-refractivity contribution is -0.116. The highest BCUT2D eigenvalue weighted by atomic mass is 35.5. The van der Waals surface area contributed by atoms with Crippen LogP contribution in [0.25, 0.3) is 11.0 Å². The van der Waals surface area contributed by atoms with E-state index in [1.54, 1.807) is 19.2 Å². The van der Waals surface area contributed by atoms with Crippen LogP contribution in [-0.2, 0) is 17.9 Å². The largest absolute Gasteiger partial charge is 0.497 e. The van der Waals surface area contributed by atoms with Crippen LogP contribution in [0.2, 0.25) is 5.02 Å². The molecule has 7 heteroatoms. The summed E-state index contributed by atoms with van der Waals surface area (Å²) in [4.78, 5) is 17.4. The number of carbonyl (C=O) groups is 1. The van der Waals surface area contributed by atoms with Crippen molar-refractivity contribution in [1.29, 1.82) is 0 Å². The summed E-state index contributed by atoms with van der Waals surface area (Å²) < 4.78 is 13.0. The first-order chi connectivity index (χ1) is 15.0.